The fraction of sp³-hybridized carbons (Fsp3) is 0.333. The Labute approximate surface area is 193 Å². The Morgan fingerprint density at radius 1 is 1.12 bits per heavy atom. The maximum Gasteiger partial charge on any atom is 0.200 e. The number of phenols is 1. The fourth-order valence-corrected chi connectivity index (χ4v) is 4.82. The first-order valence-electron chi connectivity index (χ1n) is 11.7. The van der Waals surface area contributed by atoms with E-state index in [4.69, 9.17) is 4.42 Å². The van der Waals surface area contributed by atoms with Crippen LogP contribution in [0.5, 0.6) is 5.75 Å². The summed E-state index contributed by atoms with van der Waals surface area (Å²) in [7, 11) is 0. The summed E-state index contributed by atoms with van der Waals surface area (Å²) in [6.07, 6.45) is 7.76. The smallest absolute Gasteiger partial charge is 0.200 e. The van der Waals surface area contributed by atoms with Gasteiger partial charge in [0.1, 0.15) is 17.1 Å². The van der Waals surface area contributed by atoms with E-state index in [-0.39, 0.29) is 11.2 Å². The number of aromatic hydroxyl groups is 1. The van der Waals surface area contributed by atoms with E-state index in [1.807, 2.05) is 50.4 Å². The molecule has 5 rings (SSSR count). The number of fused-ring (bicyclic) bond motifs is 1. The van der Waals surface area contributed by atoms with Crippen molar-refractivity contribution in [2.75, 3.05) is 13.1 Å². The van der Waals surface area contributed by atoms with Gasteiger partial charge >= 0.3 is 0 Å². The predicted molar refractivity (Wildman–Crippen MR) is 130 cm³/mol. The van der Waals surface area contributed by atoms with Crippen LogP contribution in [0.15, 0.2) is 58.0 Å². The number of rotatable bonds is 5. The number of piperidine rings is 1. The van der Waals surface area contributed by atoms with Crippen LogP contribution >= 0.6 is 0 Å². The first-order chi connectivity index (χ1) is 16.1. The minimum atomic E-state index is -0.0871. The molecule has 0 bridgehead atoms. The van der Waals surface area contributed by atoms with E-state index < -0.39 is 0 Å². The quantitative estimate of drug-likeness (QED) is 0.459. The molecule has 0 unspecified atom stereocenters. The van der Waals surface area contributed by atoms with Gasteiger partial charge in [0.2, 0.25) is 5.43 Å². The number of hydrogen-bond donors (Lipinski definition) is 1. The van der Waals surface area contributed by atoms with Crippen molar-refractivity contribution in [2.45, 2.75) is 46.1 Å². The van der Waals surface area contributed by atoms with Gasteiger partial charge in [-0.2, -0.15) is 5.10 Å². The standard InChI is InChI=1S/C27H29N3O3/c1-3-19-14-22-26(32)24(20-15-28-30(16-20)21-10-6-4-7-11-21)18(2)33-27(22)23(25(19)31)17-29-12-8-5-9-13-29/h4,6-7,10-11,14-16,31H,3,5,8-9,12-13,17H2,1-2H3. The lowest BCUT2D eigenvalue weighted by Crippen LogP contribution is -2.29. The minimum absolute atomic E-state index is 0.0871. The summed E-state index contributed by atoms with van der Waals surface area (Å²) in [5, 5.41) is 16.0. The summed E-state index contributed by atoms with van der Waals surface area (Å²) in [5.41, 5.74) is 4.06. The van der Waals surface area contributed by atoms with Crippen molar-refractivity contribution in [3.63, 3.8) is 0 Å². The third-order valence-electron chi connectivity index (χ3n) is 6.61. The molecule has 6 heteroatoms. The molecule has 1 fully saturated rings. The van der Waals surface area contributed by atoms with Crippen LogP contribution < -0.4 is 5.43 Å². The molecule has 0 aliphatic carbocycles. The molecule has 0 atom stereocenters. The van der Waals surface area contributed by atoms with Crippen LogP contribution in [0, 0.1) is 6.92 Å². The second-order valence-electron chi connectivity index (χ2n) is 8.80. The first kappa shape index (κ1) is 21.5. The lowest BCUT2D eigenvalue weighted by Gasteiger charge is -2.27. The van der Waals surface area contributed by atoms with Crippen molar-refractivity contribution >= 4 is 11.0 Å². The van der Waals surface area contributed by atoms with Crippen molar-refractivity contribution in [2.24, 2.45) is 0 Å². The molecular formula is C27H29N3O3. The maximum atomic E-state index is 13.7. The zero-order chi connectivity index (χ0) is 22.9. The first-order valence-corrected chi connectivity index (χ1v) is 11.7. The molecule has 170 valence electrons. The highest BCUT2D eigenvalue weighted by Crippen LogP contribution is 2.35. The van der Waals surface area contributed by atoms with Crippen LogP contribution in [0.25, 0.3) is 27.8 Å². The highest BCUT2D eigenvalue weighted by Gasteiger charge is 2.23. The largest absolute Gasteiger partial charge is 0.507 e. The van der Waals surface area contributed by atoms with Crippen molar-refractivity contribution < 1.29 is 9.52 Å². The number of nitrogens with zero attached hydrogens (tertiary/aromatic N) is 3. The van der Waals surface area contributed by atoms with E-state index in [1.165, 1.54) is 6.42 Å². The van der Waals surface area contributed by atoms with Gasteiger partial charge in [-0.1, -0.05) is 31.5 Å². The van der Waals surface area contributed by atoms with Gasteiger partial charge in [-0.3, -0.25) is 9.69 Å². The molecule has 1 aliphatic rings. The van der Waals surface area contributed by atoms with E-state index in [2.05, 4.69) is 10.00 Å². The number of phenolic OH excluding ortho intramolecular Hbond substituents is 1. The molecule has 1 N–H and O–H groups in total. The molecule has 2 aromatic heterocycles. The Hall–Kier alpha value is -3.38. The molecule has 6 nitrogen and oxygen atoms in total. The van der Waals surface area contributed by atoms with Gasteiger partial charge < -0.3 is 9.52 Å². The average molecular weight is 444 g/mol. The maximum absolute atomic E-state index is 13.7. The van der Waals surface area contributed by atoms with Crippen molar-refractivity contribution in [3.05, 3.63) is 75.9 Å². The Kier molecular flexibility index (Phi) is 5.77. The Morgan fingerprint density at radius 2 is 1.88 bits per heavy atom. The normalized spacial score (nSPS) is 14.7. The summed E-state index contributed by atoms with van der Waals surface area (Å²) in [6, 6.07) is 11.6. The average Bonchev–Trinajstić information content (AvgIpc) is 3.32. The molecule has 0 radical (unpaired) electrons. The lowest BCUT2D eigenvalue weighted by atomic mass is 9.98. The predicted octanol–water partition coefficient (Wildman–Crippen LogP) is 5.21. The summed E-state index contributed by atoms with van der Waals surface area (Å²) in [4.78, 5) is 16.1. The van der Waals surface area contributed by atoms with Crippen molar-refractivity contribution in [1.82, 2.24) is 14.7 Å². The molecule has 1 saturated heterocycles. The number of benzene rings is 2. The Morgan fingerprint density at radius 3 is 2.61 bits per heavy atom. The van der Waals surface area contributed by atoms with Crippen LogP contribution in [-0.2, 0) is 13.0 Å². The van der Waals surface area contributed by atoms with Gasteiger partial charge in [-0.05, 0) is 63.0 Å². The summed E-state index contributed by atoms with van der Waals surface area (Å²) in [6.45, 7) is 6.38. The highest BCUT2D eigenvalue weighted by molar-refractivity contribution is 5.87. The third-order valence-corrected chi connectivity index (χ3v) is 6.61. The van der Waals surface area contributed by atoms with E-state index in [0.29, 0.717) is 35.3 Å². The van der Waals surface area contributed by atoms with Gasteiger partial charge in [-0.15, -0.1) is 0 Å². The van der Waals surface area contributed by atoms with E-state index >= 15 is 0 Å². The van der Waals surface area contributed by atoms with Gasteiger partial charge in [-0.25, -0.2) is 4.68 Å². The van der Waals surface area contributed by atoms with Crippen LogP contribution in [0.1, 0.15) is 43.1 Å². The molecule has 0 spiro atoms. The summed E-state index contributed by atoms with van der Waals surface area (Å²) < 4.78 is 8.03. The second-order valence-corrected chi connectivity index (χ2v) is 8.80. The summed E-state index contributed by atoms with van der Waals surface area (Å²) in [5.74, 6) is 0.784. The van der Waals surface area contributed by atoms with E-state index in [1.54, 1.807) is 16.9 Å². The molecule has 3 heterocycles. The number of para-hydroxylation sites is 1. The van der Waals surface area contributed by atoms with Crippen molar-refractivity contribution in [3.8, 4) is 22.6 Å². The van der Waals surface area contributed by atoms with Crippen LogP contribution in [-0.4, -0.2) is 32.9 Å². The van der Waals surface area contributed by atoms with Crippen LogP contribution in [0.2, 0.25) is 0 Å². The van der Waals surface area contributed by atoms with Gasteiger partial charge in [0.15, 0.2) is 0 Å². The highest BCUT2D eigenvalue weighted by atomic mass is 16.3. The molecule has 2 aromatic carbocycles. The van der Waals surface area contributed by atoms with E-state index in [0.717, 1.165) is 48.3 Å². The minimum Gasteiger partial charge on any atom is -0.507 e. The molecule has 33 heavy (non-hydrogen) atoms. The van der Waals surface area contributed by atoms with Gasteiger partial charge in [0.25, 0.3) is 0 Å². The number of aryl methyl sites for hydroxylation is 2. The zero-order valence-corrected chi connectivity index (χ0v) is 19.2. The SMILES string of the molecule is CCc1cc2c(=O)c(-c3cnn(-c4ccccc4)c3)c(C)oc2c(CN2CCCCC2)c1O. The number of likely N-dealkylation sites (tertiary alicyclic amines) is 1. The van der Waals surface area contributed by atoms with Crippen LogP contribution in [0.4, 0.5) is 0 Å². The van der Waals surface area contributed by atoms with Gasteiger partial charge in [0.05, 0.1) is 28.4 Å². The summed E-state index contributed by atoms with van der Waals surface area (Å²) >= 11 is 0. The molecule has 4 aromatic rings. The van der Waals surface area contributed by atoms with E-state index in [9.17, 15) is 9.90 Å². The number of aromatic nitrogens is 2. The molecule has 1 aliphatic heterocycles. The fourth-order valence-electron chi connectivity index (χ4n) is 4.82. The molecule has 0 amide bonds. The molecule has 0 saturated carbocycles. The topological polar surface area (TPSA) is 71.5 Å². The monoisotopic (exact) mass is 443 g/mol. The van der Waals surface area contributed by atoms with Crippen molar-refractivity contribution in [1.29, 1.82) is 0 Å². The Bertz CT molecular complexity index is 1350. The lowest BCUT2D eigenvalue weighted by molar-refractivity contribution is 0.218. The van der Waals surface area contributed by atoms with Crippen LogP contribution in [0.3, 0.4) is 0 Å². The molecular weight excluding hydrogens is 414 g/mol. The zero-order valence-electron chi connectivity index (χ0n) is 19.2. The third kappa shape index (κ3) is 3.95. The number of hydrogen-bond acceptors (Lipinski definition) is 5. The second kappa shape index (κ2) is 8.87. The van der Waals surface area contributed by atoms with Gasteiger partial charge in [0, 0.05) is 18.3 Å². The Balaban J connectivity index is 1.65.